The standard InChI is InChI=1S/C6H4BrFN/c1-4-5(8)2-3-6(7)9-4/h2-3H,1H2. The first-order valence-electron chi connectivity index (χ1n) is 2.34. The van der Waals surface area contributed by atoms with E-state index in [0.29, 0.717) is 4.60 Å². The van der Waals surface area contributed by atoms with E-state index in [2.05, 4.69) is 27.8 Å². The summed E-state index contributed by atoms with van der Waals surface area (Å²) in [5, 5.41) is 0. The van der Waals surface area contributed by atoms with Gasteiger partial charge in [-0.3, -0.25) is 0 Å². The number of rotatable bonds is 0. The van der Waals surface area contributed by atoms with E-state index in [0.717, 1.165) is 0 Å². The SMILES string of the molecule is [CH2]c1nc(Br)ccc1F. The Balaban J connectivity index is 3.17. The van der Waals surface area contributed by atoms with Gasteiger partial charge in [-0.1, -0.05) is 0 Å². The molecular weight excluding hydrogens is 185 g/mol. The van der Waals surface area contributed by atoms with Gasteiger partial charge in [0.25, 0.3) is 0 Å². The molecule has 0 bridgehead atoms. The van der Waals surface area contributed by atoms with E-state index in [4.69, 9.17) is 0 Å². The fourth-order valence-corrected chi connectivity index (χ4v) is 0.804. The lowest BCUT2D eigenvalue weighted by Gasteiger charge is -1.92. The summed E-state index contributed by atoms with van der Waals surface area (Å²) in [4.78, 5) is 3.70. The number of pyridine rings is 1. The number of aromatic nitrogens is 1. The molecule has 0 aliphatic carbocycles. The normalized spacial score (nSPS) is 9.67. The number of halogens is 2. The van der Waals surface area contributed by atoms with Gasteiger partial charge in [0.1, 0.15) is 10.4 Å². The zero-order chi connectivity index (χ0) is 6.85. The van der Waals surface area contributed by atoms with Crippen molar-refractivity contribution in [2.24, 2.45) is 0 Å². The molecule has 0 aliphatic heterocycles. The Labute approximate surface area is 61.0 Å². The van der Waals surface area contributed by atoms with Gasteiger partial charge in [-0.25, -0.2) is 9.37 Å². The van der Waals surface area contributed by atoms with Crippen molar-refractivity contribution in [1.82, 2.24) is 4.98 Å². The summed E-state index contributed by atoms with van der Waals surface area (Å²) in [6.07, 6.45) is 0. The molecule has 1 aromatic heterocycles. The highest BCUT2D eigenvalue weighted by Crippen LogP contribution is 2.08. The summed E-state index contributed by atoms with van der Waals surface area (Å²) in [7, 11) is 0. The zero-order valence-electron chi connectivity index (χ0n) is 4.56. The van der Waals surface area contributed by atoms with E-state index in [1.165, 1.54) is 12.1 Å². The quantitative estimate of drug-likeness (QED) is 0.570. The third-order valence-corrected chi connectivity index (χ3v) is 1.33. The first-order valence-corrected chi connectivity index (χ1v) is 3.13. The van der Waals surface area contributed by atoms with Crippen molar-refractivity contribution >= 4 is 15.9 Å². The molecule has 0 fully saturated rings. The van der Waals surface area contributed by atoms with Gasteiger partial charge in [-0.15, -0.1) is 0 Å². The molecule has 0 spiro atoms. The van der Waals surface area contributed by atoms with Gasteiger partial charge in [0.15, 0.2) is 0 Å². The summed E-state index contributed by atoms with van der Waals surface area (Å²) in [5.41, 5.74) is 0.171. The van der Waals surface area contributed by atoms with E-state index in [1.54, 1.807) is 0 Å². The second-order valence-corrected chi connectivity index (χ2v) is 2.37. The minimum Gasteiger partial charge on any atom is -0.243 e. The molecule has 9 heavy (non-hydrogen) atoms. The van der Waals surface area contributed by atoms with Gasteiger partial charge >= 0.3 is 0 Å². The van der Waals surface area contributed by atoms with Crippen molar-refractivity contribution in [3.8, 4) is 0 Å². The van der Waals surface area contributed by atoms with Crippen molar-refractivity contribution in [3.05, 3.63) is 35.2 Å². The van der Waals surface area contributed by atoms with Crippen molar-refractivity contribution in [2.45, 2.75) is 0 Å². The smallest absolute Gasteiger partial charge is 0.144 e. The summed E-state index contributed by atoms with van der Waals surface area (Å²) >= 11 is 3.08. The molecule has 0 saturated carbocycles. The monoisotopic (exact) mass is 188 g/mol. The lowest BCUT2D eigenvalue weighted by Crippen LogP contribution is -1.85. The molecule has 1 rings (SSSR count). The molecule has 1 heterocycles. The highest BCUT2D eigenvalue weighted by atomic mass is 79.9. The Hall–Kier alpha value is -0.440. The van der Waals surface area contributed by atoms with Gasteiger partial charge < -0.3 is 0 Å². The second kappa shape index (κ2) is 2.43. The first-order chi connectivity index (χ1) is 4.20. The maximum absolute atomic E-state index is 12.4. The number of hydrogen-bond acceptors (Lipinski definition) is 1. The van der Waals surface area contributed by atoms with Crippen LogP contribution in [-0.4, -0.2) is 4.98 Å². The molecule has 0 aliphatic rings. The van der Waals surface area contributed by atoms with E-state index in [1.807, 2.05) is 0 Å². The minimum absolute atomic E-state index is 0.171. The van der Waals surface area contributed by atoms with Gasteiger partial charge in [-0.05, 0) is 35.0 Å². The summed E-state index contributed by atoms with van der Waals surface area (Å²) in [6, 6.07) is 2.85. The molecule has 47 valence electrons. The van der Waals surface area contributed by atoms with Crippen LogP contribution in [0.1, 0.15) is 5.69 Å². The van der Waals surface area contributed by atoms with Crippen LogP contribution in [0.3, 0.4) is 0 Å². The van der Waals surface area contributed by atoms with Gasteiger partial charge in [0.05, 0.1) is 5.69 Å². The molecule has 0 amide bonds. The van der Waals surface area contributed by atoms with Crippen LogP contribution in [0.15, 0.2) is 16.7 Å². The van der Waals surface area contributed by atoms with Crippen LogP contribution in [0.5, 0.6) is 0 Å². The molecule has 0 atom stereocenters. The maximum atomic E-state index is 12.4. The fourth-order valence-electron chi connectivity index (χ4n) is 0.458. The van der Waals surface area contributed by atoms with Crippen molar-refractivity contribution in [1.29, 1.82) is 0 Å². The Morgan fingerprint density at radius 2 is 2.22 bits per heavy atom. The van der Waals surface area contributed by atoms with Crippen LogP contribution < -0.4 is 0 Å². The van der Waals surface area contributed by atoms with E-state index < -0.39 is 0 Å². The predicted molar refractivity (Wildman–Crippen MR) is 36.4 cm³/mol. The third kappa shape index (κ3) is 1.48. The first kappa shape index (κ1) is 6.68. The maximum Gasteiger partial charge on any atom is 0.144 e. The van der Waals surface area contributed by atoms with E-state index in [-0.39, 0.29) is 11.5 Å². The Bertz CT molecular complexity index is 224. The Morgan fingerprint density at radius 1 is 1.56 bits per heavy atom. The Morgan fingerprint density at radius 3 is 2.67 bits per heavy atom. The summed E-state index contributed by atoms with van der Waals surface area (Å²) in [5.74, 6) is -0.377. The molecule has 0 aromatic carbocycles. The van der Waals surface area contributed by atoms with Crippen LogP contribution in [-0.2, 0) is 0 Å². The molecule has 0 unspecified atom stereocenters. The van der Waals surface area contributed by atoms with Crippen molar-refractivity contribution in [2.75, 3.05) is 0 Å². The lowest BCUT2D eigenvalue weighted by molar-refractivity contribution is 0.614. The summed E-state index contributed by atoms with van der Waals surface area (Å²) < 4.78 is 13.0. The van der Waals surface area contributed by atoms with Gasteiger partial charge in [0.2, 0.25) is 0 Å². The summed E-state index contributed by atoms with van der Waals surface area (Å²) in [6.45, 7) is 3.36. The largest absolute Gasteiger partial charge is 0.243 e. The highest BCUT2D eigenvalue weighted by Gasteiger charge is 1.95. The van der Waals surface area contributed by atoms with E-state index >= 15 is 0 Å². The lowest BCUT2D eigenvalue weighted by atomic mass is 10.4. The van der Waals surface area contributed by atoms with Crippen LogP contribution in [0.4, 0.5) is 4.39 Å². The molecule has 0 N–H and O–H groups in total. The third-order valence-electron chi connectivity index (χ3n) is 0.885. The second-order valence-electron chi connectivity index (χ2n) is 1.56. The molecule has 0 saturated heterocycles. The van der Waals surface area contributed by atoms with Crippen molar-refractivity contribution < 1.29 is 4.39 Å². The highest BCUT2D eigenvalue weighted by molar-refractivity contribution is 9.10. The fraction of sp³-hybridized carbons (Fsp3) is 0. The van der Waals surface area contributed by atoms with Crippen LogP contribution >= 0.6 is 15.9 Å². The van der Waals surface area contributed by atoms with E-state index in [9.17, 15) is 4.39 Å². The average Bonchev–Trinajstić information content (AvgIpc) is 1.80. The molecular formula is C6H4BrFN. The van der Waals surface area contributed by atoms with Gasteiger partial charge in [-0.2, -0.15) is 0 Å². The molecule has 1 radical (unpaired) electrons. The topological polar surface area (TPSA) is 12.9 Å². The number of hydrogen-bond donors (Lipinski definition) is 0. The Kier molecular flexibility index (Phi) is 1.81. The predicted octanol–water partition coefficient (Wildman–Crippen LogP) is 2.17. The van der Waals surface area contributed by atoms with Crippen LogP contribution in [0, 0.1) is 12.7 Å². The van der Waals surface area contributed by atoms with Crippen LogP contribution in [0.25, 0.3) is 0 Å². The molecule has 1 nitrogen and oxygen atoms in total. The molecule has 3 heteroatoms. The zero-order valence-corrected chi connectivity index (χ0v) is 6.15. The average molecular weight is 189 g/mol. The van der Waals surface area contributed by atoms with Gasteiger partial charge in [0, 0.05) is 0 Å². The molecule has 1 aromatic rings. The van der Waals surface area contributed by atoms with Crippen molar-refractivity contribution in [3.63, 3.8) is 0 Å². The van der Waals surface area contributed by atoms with Crippen LogP contribution in [0.2, 0.25) is 0 Å². The minimum atomic E-state index is -0.377. The number of nitrogens with zero attached hydrogens (tertiary/aromatic N) is 1.